The minimum Gasteiger partial charge on any atom is -0.497 e. The van der Waals surface area contributed by atoms with Crippen LogP contribution in [0.1, 0.15) is 45.3 Å². The third-order valence-electron chi connectivity index (χ3n) is 4.53. The van der Waals surface area contributed by atoms with Crippen LogP contribution >= 0.6 is 0 Å². The molecule has 2 aromatic rings. The SMILES string of the molecule is COc1ccc(NC(=O)c2cnn(C3CCOCC3)c2C)c(C(=O)O)c1. The smallest absolute Gasteiger partial charge is 0.337 e. The first-order valence-corrected chi connectivity index (χ1v) is 8.35. The van der Waals surface area contributed by atoms with Gasteiger partial charge < -0.3 is 19.9 Å². The molecule has 1 aromatic heterocycles. The van der Waals surface area contributed by atoms with Crippen molar-refractivity contribution in [3.8, 4) is 5.75 Å². The number of carbonyl (C=O) groups excluding carboxylic acids is 1. The average molecular weight is 359 g/mol. The molecule has 0 aliphatic carbocycles. The maximum Gasteiger partial charge on any atom is 0.337 e. The van der Waals surface area contributed by atoms with Gasteiger partial charge in [0.15, 0.2) is 0 Å². The Balaban J connectivity index is 1.83. The van der Waals surface area contributed by atoms with Crippen LogP contribution in [0.2, 0.25) is 0 Å². The van der Waals surface area contributed by atoms with E-state index >= 15 is 0 Å². The fraction of sp³-hybridized carbons (Fsp3) is 0.389. The molecule has 0 spiro atoms. The molecular weight excluding hydrogens is 338 g/mol. The van der Waals surface area contributed by atoms with Gasteiger partial charge in [0.2, 0.25) is 0 Å². The van der Waals surface area contributed by atoms with Crippen LogP contribution in [0, 0.1) is 6.92 Å². The Morgan fingerprint density at radius 3 is 2.69 bits per heavy atom. The van der Waals surface area contributed by atoms with Crippen LogP contribution < -0.4 is 10.1 Å². The third-order valence-corrected chi connectivity index (χ3v) is 4.53. The number of hydrogen-bond acceptors (Lipinski definition) is 5. The van der Waals surface area contributed by atoms with Crippen LogP contribution in [-0.2, 0) is 4.74 Å². The van der Waals surface area contributed by atoms with Gasteiger partial charge in [0, 0.05) is 18.9 Å². The molecule has 26 heavy (non-hydrogen) atoms. The van der Waals surface area contributed by atoms with Crippen molar-refractivity contribution in [1.29, 1.82) is 0 Å². The lowest BCUT2D eigenvalue weighted by Crippen LogP contribution is -2.22. The molecule has 0 unspecified atom stereocenters. The zero-order chi connectivity index (χ0) is 18.7. The van der Waals surface area contributed by atoms with Gasteiger partial charge in [-0.05, 0) is 38.0 Å². The highest BCUT2D eigenvalue weighted by Gasteiger charge is 2.23. The number of aromatic nitrogens is 2. The summed E-state index contributed by atoms with van der Waals surface area (Å²) in [5.74, 6) is -1.13. The Bertz CT molecular complexity index is 824. The molecule has 0 radical (unpaired) electrons. The van der Waals surface area contributed by atoms with Crippen molar-refractivity contribution in [3.63, 3.8) is 0 Å². The Hall–Kier alpha value is -2.87. The van der Waals surface area contributed by atoms with Crippen molar-refractivity contribution in [3.05, 3.63) is 41.2 Å². The molecule has 8 nitrogen and oxygen atoms in total. The summed E-state index contributed by atoms with van der Waals surface area (Å²) >= 11 is 0. The Labute approximate surface area is 150 Å². The highest BCUT2D eigenvalue weighted by Crippen LogP contribution is 2.25. The molecule has 1 fully saturated rings. The molecule has 1 aromatic carbocycles. The number of rotatable bonds is 5. The number of anilines is 1. The number of hydrogen-bond donors (Lipinski definition) is 2. The lowest BCUT2D eigenvalue weighted by atomic mass is 10.1. The van der Waals surface area contributed by atoms with Crippen LogP contribution in [0.4, 0.5) is 5.69 Å². The molecule has 0 bridgehead atoms. The number of nitrogens with zero attached hydrogens (tertiary/aromatic N) is 2. The predicted molar refractivity (Wildman–Crippen MR) is 94.0 cm³/mol. The third kappa shape index (κ3) is 3.55. The minimum atomic E-state index is -1.14. The highest BCUT2D eigenvalue weighted by atomic mass is 16.5. The summed E-state index contributed by atoms with van der Waals surface area (Å²) in [7, 11) is 1.45. The second kappa shape index (κ2) is 7.57. The van der Waals surface area contributed by atoms with Gasteiger partial charge in [0.25, 0.3) is 5.91 Å². The first-order chi connectivity index (χ1) is 12.5. The lowest BCUT2D eigenvalue weighted by molar-refractivity contribution is 0.0656. The van der Waals surface area contributed by atoms with E-state index in [2.05, 4.69) is 10.4 Å². The van der Waals surface area contributed by atoms with E-state index in [1.165, 1.54) is 25.4 Å². The molecule has 2 N–H and O–H groups in total. The monoisotopic (exact) mass is 359 g/mol. The van der Waals surface area contributed by atoms with Crippen molar-refractivity contribution < 1.29 is 24.2 Å². The zero-order valence-electron chi connectivity index (χ0n) is 14.7. The second-order valence-electron chi connectivity index (χ2n) is 6.10. The summed E-state index contributed by atoms with van der Waals surface area (Å²) in [4.78, 5) is 24.1. The van der Waals surface area contributed by atoms with Gasteiger partial charge in [-0.25, -0.2) is 4.79 Å². The summed E-state index contributed by atoms with van der Waals surface area (Å²) in [6.07, 6.45) is 3.22. The highest BCUT2D eigenvalue weighted by molar-refractivity contribution is 6.08. The van der Waals surface area contributed by atoms with E-state index in [0.29, 0.717) is 24.5 Å². The number of carboxylic acids is 1. The predicted octanol–water partition coefficient (Wildman–Crippen LogP) is 2.50. The summed E-state index contributed by atoms with van der Waals surface area (Å²) in [6.45, 7) is 3.20. The number of aromatic carboxylic acids is 1. The van der Waals surface area contributed by atoms with Crippen molar-refractivity contribution in [2.45, 2.75) is 25.8 Å². The molecule has 1 amide bonds. The van der Waals surface area contributed by atoms with Crippen molar-refractivity contribution in [2.75, 3.05) is 25.6 Å². The van der Waals surface area contributed by atoms with Gasteiger partial charge >= 0.3 is 5.97 Å². The first kappa shape index (κ1) is 17.9. The number of carboxylic acid groups (broad SMARTS) is 1. The minimum absolute atomic E-state index is 0.0350. The quantitative estimate of drug-likeness (QED) is 0.850. The van der Waals surface area contributed by atoms with E-state index in [1.807, 2.05) is 11.6 Å². The molecule has 0 saturated carbocycles. The van der Waals surface area contributed by atoms with Gasteiger partial charge in [-0.3, -0.25) is 9.48 Å². The molecule has 3 rings (SSSR count). The van der Waals surface area contributed by atoms with Crippen molar-refractivity contribution in [2.24, 2.45) is 0 Å². The lowest BCUT2D eigenvalue weighted by Gasteiger charge is -2.23. The Morgan fingerprint density at radius 2 is 2.04 bits per heavy atom. The number of ether oxygens (including phenoxy) is 2. The Kier molecular flexibility index (Phi) is 5.22. The standard InChI is InChI=1S/C18H21N3O5/c1-11-15(10-19-21(11)12-5-7-26-8-6-12)17(22)20-16-4-3-13(25-2)9-14(16)18(23)24/h3-4,9-10,12H,5-8H2,1-2H3,(H,20,22)(H,23,24). The summed E-state index contributed by atoms with van der Waals surface area (Å²) in [5.41, 5.74) is 1.34. The largest absolute Gasteiger partial charge is 0.497 e. The fourth-order valence-electron chi connectivity index (χ4n) is 3.07. The van der Waals surface area contributed by atoms with Crippen LogP contribution in [0.5, 0.6) is 5.75 Å². The topological polar surface area (TPSA) is 103 Å². The average Bonchev–Trinajstić information content (AvgIpc) is 3.04. The molecule has 8 heteroatoms. The van der Waals surface area contributed by atoms with E-state index in [1.54, 1.807) is 6.07 Å². The molecular formula is C18H21N3O5. The van der Waals surface area contributed by atoms with E-state index in [4.69, 9.17) is 9.47 Å². The number of amides is 1. The molecule has 138 valence electrons. The molecule has 1 aliphatic heterocycles. The number of nitrogens with one attached hydrogen (secondary N) is 1. The van der Waals surface area contributed by atoms with Crippen molar-refractivity contribution >= 4 is 17.6 Å². The van der Waals surface area contributed by atoms with E-state index in [9.17, 15) is 14.7 Å². The maximum atomic E-state index is 12.6. The van der Waals surface area contributed by atoms with E-state index in [-0.39, 0.29) is 17.3 Å². The van der Waals surface area contributed by atoms with Gasteiger partial charge in [-0.15, -0.1) is 0 Å². The molecule has 1 saturated heterocycles. The van der Waals surface area contributed by atoms with Gasteiger partial charge in [0.1, 0.15) is 5.75 Å². The molecule has 2 heterocycles. The maximum absolute atomic E-state index is 12.6. The van der Waals surface area contributed by atoms with Crippen LogP contribution in [0.3, 0.4) is 0 Å². The second-order valence-corrected chi connectivity index (χ2v) is 6.10. The number of methoxy groups -OCH3 is 1. The van der Waals surface area contributed by atoms with Gasteiger partial charge in [-0.1, -0.05) is 0 Å². The summed E-state index contributed by atoms with van der Waals surface area (Å²) in [5, 5.41) is 16.4. The number of benzene rings is 1. The normalized spacial score (nSPS) is 14.8. The van der Waals surface area contributed by atoms with Crippen LogP contribution in [-0.4, -0.2) is 47.1 Å². The van der Waals surface area contributed by atoms with Gasteiger partial charge in [0.05, 0.1) is 36.2 Å². The zero-order valence-corrected chi connectivity index (χ0v) is 14.7. The molecule has 1 aliphatic rings. The summed E-state index contributed by atoms with van der Waals surface area (Å²) < 4.78 is 12.3. The summed E-state index contributed by atoms with van der Waals surface area (Å²) in [6, 6.07) is 4.69. The first-order valence-electron chi connectivity index (χ1n) is 8.35. The van der Waals surface area contributed by atoms with Crippen molar-refractivity contribution in [1.82, 2.24) is 9.78 Å². The molecule has 0 atom stereocenters. The van der Waals surface area contributed by atoms with E-state index < -0.39 is 11.9 Å². The Morgan fingerprint density at radius 1 is 1.31 bits per heavy atom. The van der Waals surface area contributed by atoms with Gasteiger partial charge in [-0.2, -0.15) is 5.10 Å². The van der Waals surface area contributed by atoms with Crippen LogP contribution in [0.15, 0.2) is 24.4 Å². The van der Waals surface area contributed by atoms with E-state index in [0.717, 1.165) is 18.5 Å². The van der Waals surface area contributed by atoms with Crippen LogP contribution in [0.25, 0.3) is 0 Å². The number of carbonyl (C=O) groups is 2. The fourth-order valence-corrected chi connectivity index (χ4v) is 3.07.